The van der Waals surface area contributed by atoms with Crippen LogP contribution in [0, 0.1) is 0 Å². The Bertz CT molecular complexity index is 448. The van der Waals surface area contributed by atoms with E-state index >= 15 is 0 Å². The molecule has 0 spiro atoms. The summed E-state index contributed by atoms with van der Waals surface area (Å²) in [6.45, 7) is 3.81. The molecule has 2 atom stereocenters. The highest BCUT2D eigenvalue weighted by atomic mass is 32.2. The molecule has 0 aliphatic carbocycles. The van der Waals surface area contributed by atoms with Crippen molar-refractivity contribution in [2.75, 3.05) is 37.7 Å². The zero-order chi connectivity index (χ0) is 14.5. The van der Waals surface area contributed by atoms with E-state index in [1.54, 1.807) is 0 Å². The van der Waals surface area contributed by atoms with E-state index in [2.05, 4.69) is 34.5 Å². The Kier molecular flexibility index (Phi) is 5.58. The molecule has 0 saturated carbocycles. The van der Waals surface area contributed by atoms with Gasteiger partial charge in [0.2, 0.25) is 0 Å². The van der Waals surface area contributed by atoms with Gasteiger partial charge in [-0.3, -0.25) is 0 Å². The van der Waals surface area contributed by atoms with Crippen molar-refractivity contribution in [3.8, 4) is 0 Å². The third-order valence-electron chi connectivity index (χ3n) is 4.50. The van der Waals surface area contributed by atoms with Crippen LogP contribution >= 0.6 is 11.8 Å². The van der Waals surface area contributed by atoms with E-state index in [4.69, 9.17) is 0 Å². The summed E-state index contributed by atoms with van der Waals surface area (Å²) in [6, 6.07) is 9.13. The Balaban J connectivity index is 1.54. The number of fused-ring (bicyclic) bond motifs is 1. The average Bonchev–Trinajstić information content (AvgIpc) is 2.91. The molecule has 0 bridgehead atoms. The van der Waals surface area contributed by atoms with E-state index in [9.17, 15) is 5.11 Å². The Hall–Kier alpha value is -0.550. The van der Waals surface area contributed by atoms with Crippen molar-refractivity contribution in [1.29, 1.82) is 0 Å². The molecule has 21 heavy (non-hydrogen) atoms. The molecule has 3 rings (SSSR count). The number of thioether (sulfide) groups is 1. The van der Waals surface area contributed by atoms with Crippen LogP contribution in [0.15, 0.2) is 24.3 Å². The fraction of sp³-hybridized carbons (Fsp3) is 0.647. The molecule has 0 radical (unpaired) electrons. The first-order valence-corrected chi connectivity index (χ1v) is 9.28. The van der Waals surface area contributed by atoms with Crippen LogP contribution in [0.2, 0.25) is 0 Å². The van der Waals surface area contributed by atoms with Crippen molar-refractivity contribution in [2.45, 2.75) is 31.4 Å². The van der Waals surface area contributed by atoms with Gasteiger partial charge in [-0.2, -0.15) is 11.8 Å². The van der Waals surface area contributed by atoms with Crippen molar-refractivity contribution in [2.24, 2.45) is 0 Å². The molecule has 1 fully saturated rings. The molecular weight excluding hydrogens is 280 g/mol. The third kappa shape index (κ3) is 4.22. The standard InChI is InChI=1S/C17H26N2OS/c20-15(12-19-8-3-4-9-19)11-18-17-13-21-10-7-14-5-1-2-6-16(14)17/h1-2,5-6,15,17-18,20H,3-4,7-13H2. The minimum absolute atomic E-state index is 0.261. The molecule has 2 aliphatic rings. The highest BCUT2D eigenvalue weighted by Gasteiger charge is 2.20. The summed E-state index contributed by atoms with van der Waals surface area (Å²) in [7, 11) is 0. The number of β-amino-alcohol motifs (C(OH)–C–C–N with tert-alkyl or cyclic N) is 1. The van der Waals surface area contributed by atoms with E-state index in [0.717, 1.165) is 31.8 Å². The van der Waals surface area contributed by atoms with E-state index in [1.165, 1.54) is 29.7 Å². The quantitative estimate of drug-likeness (QED) is 0.873. The molecule has 1 saturated heterocycles. The molecule has 2 unspecified atom stereocenters. The second kappa shape index (κ2) is 7.63. The van der Waals surface area contributed by atoms with Gasteiger partial charge >= 0.3 is 0 Å². The number of aryl methyl sites for hydroxylation is 1. The summed E-state index contributed by atoms with van der Waals surface area (Å²) in [5.41, 5.74) is 2.89. The summed E-state index contributed by atoms with van der Waals surface area (Å²) in [6.07, 6.45) is 3.47. The number of hydrogen-bond donors (Lipinski definition) is 2. The average molecular weight is 306 g/mol. The number of hydrogen-bond acceptors (Lipinski definition) is 4. The maximum Gasteiger partial charge on any atom is 0.0791 e. The molecule has 4 heteroatoms. The number of likely N-dealkylation sites (tertiary alicyclic amines) is 1. The van der Waals surface area contributed by atoms with Crippen molar-refractivity contribution < 1.29 is 5.11 Å². The van der Waals surface area contributed by atoms with Gasteiger partial charge in [-0.15, -0.1) is 0 Å². The molecule has 1 aromatic carbocycles. The van der Waals surface area contributed by atoms with Crippen LogP contribution in [0.3, 0.4) is 0 Å². The predicted molar refractivity (Wildman–Crippen MR) is 89.9 cm³/mol. The van der Waals surface area contributed by atoms with Crippen LogP contribution in [0.4, 0.5) is 0 Å². The molecule has 2 aliphatic heterocycles. The smallest absolute Gasteiger partial charge is 0.0791 e. The molecule has 1 aromatic rings. The second-order valence-corrected chi connectivity index (χ2v) is 7.30. The van der Waals surface area contributed by atoms with E-state index in [1.807, 2.05) is 11.8 Å². The highest BCUT2D eigenvalue weighted by Crippen LogP contribution is 2.27. The van der Waals surface area contributed by atoms with Crippen LogP contribution in [-0.4, -0.2) is 53.8 Å². The fourth-order valence-electron chi connectivity index (χ4n) is 3.35. The molecule has 3 nitrogen and oxygen atoms in total. The number of benzene rings is 1. The lowest BCUT2D eigenvalue weighted by molar-refractivity contribution is 0.121. The van der Waals surface area contributed by atoms with Gasteiger partial charge < -0.3 is 15.3 Å². The van der Waals surface area contributed by atoms with Crippen LogP contribution in [0.25, 0.3) is 0 Å². The summed E-state index contributed by atoms with van der Waals surface area (Å²) in [4.78, 5) is 2.38. The largest absolute Gasteiger partial charge is 0.390 e. The summed E-state index contributed by atoms with van der Waals surface area (Å²) >= 11 is 2.01. The molecular formula is C17H26N2OS. The van der Waals surface area contributed by atoms with E-state index < -0.39 is 0 Å². The van der Waals surface area contributed by atoms with Crippen LogP contribution in [0.5, 0.6) is 0 Å². The SMILES string of the molecule is OC(CNC1CSCCc2ccccc21)CN1CCCC1. The van der Waals surface area contributed by atoms with Crippen molar-refractivity contribution in [3.05, 3.63) is 35.4 Å². The summed E-state index contributed by atoms with van der Waals surface area (Å²) in [5, 5.41) is 13.8. The Morgan fingerprint density at radius 1 is 1.29 bits per heavy atom. The highest BCUT2D eigenvalue weighted by molar-refractivity contribution is 7.99. The Morgan fingerprint density at radius 3 is 2.95 bits per heavy atom. The van der Waals surface area contributed by atoms with E-state index in [0.29, 0.717) is 12.6 Å². The lowest BCUT2D eigenvalue weighted by Crippen LogP contribution is -2.38. The first-order chi connectivity index (χ1) is 10.3. The number of aliphatic hydroxyl groups excluding tert-OH is 1. The zero-order valence-corrected chi connectivity index (χ0v) is 13.4. The maximum atomic E-state index is 10.2. The normalized spacial score (nSPS) is 24.5. The topological polar surface area (TPSA) is 35.5 Å². The van der Waals surface area contributed by atoms with Crippen LogP contribution < -0.4 is 5.32 Å². The lowest BCUT2D eigenvalue weighted by Gasteiger charge is -2.23. The van der Waals surface area contributed by atoms with Crippen molar-refractivity contribution in [1.82, 2.24) is 10.2 Å². The van der Waals surface area contributed by atoms with Crippen molar-refractivity contribution in [3.63, 3.8) is 0 Å². The predicted octanol–water partition coefficient (Wildman–Crippen LogP) is 2.06. The molecule has 2 N–H and O–H groups in total. The van der Waals surface area contributed by atoms with Gasteiger partial charge in [0.15, 0.2) is 0 Å². The Labute approximate surface area is 132 Å². The summed E-state index contributed by atoms with van der Waals surface area (Å²) in [5.74, 6) is 2.30. The first kappa shape index (κ1) is 15.3. The van der Waals surface area contributed by atoms with Gasteiger partial charge in [0.1, 0.15) is 0 Å². The van der Waals surface area contributed by atoms with Crippen LogP contribution in [0.1, 0.15) is 30.0 Å². The molecule has 116 valence electrons. The second-order valence-electron chi connectivity index (χ2n) is 6.15. The molecule has 0 amide bonds. The van der Waals surface area contributed by atoms with Crippen molar-refractivity contribution >= 4 is 11.8 Å². The number of nitrogens with one attached hydrogen (secondary N) is 1. The minimum Gasteiger partial charge on any atom is -0.390 e. The lowest BCUT2D eigenvalue weighted by atomic mass is 9.99. The van der Waals surface area contributed by atoms with Gasteiger partial charge in [0, 0.05) is 24.9 Å². The maximum absolute atomic E-state index is 10.2. The zero-order valence-electron chi connectivity index (χ0n) is 12.6. The monoisotopic (exact) mass is 306 g/mol. The fourth-order valence-corrected chi connectivity index (χ4v) is 4.41. The van der Waals surface area contributed by atoms with Gasteiger partial charge in [0.05, 0.1) is 6.10 Å². The molecule has 2 heterocycles. The number of aliphatic hydroxyl groups is 1. The Morgan fingerprint density at radius 2 is 2.10 bits per heavy atom. The number of rotatable bonds is 5. The van der Waals surface area contributed by atoms with Gasteiger partial charge in [-0.25, -0.2) is 0 Å². The molecule has 0 aromatic heterocycles. The number of nitrogens with zero attached hydrogens (tertiary/aromatic N) is 1. The minimum atomic E-state index is -0.261. The van der Waals surface area contributed by atoms with Crippen LogP contribution in [-0.2, 0) is 6.42 Å². The van der Waals surface area contributed by atoms with E-state index in [-0.39, 0.29) is 6.10 Å². The van der Waals surface area contributed by atoms with Gasteiger partial charge in [-0.1, -0.05) is 24.3 Å². The summed E-state index contributed by atoms with van der Waals surface area (Å²) < 4.78 is 0. The third-order valence-corrected chi connectivity index (χ3v) is 5.56. The first-order valence-electron chi connectivity index (χ1n) is 8.12. The van der Waals surface area contributed by atoms with Gasteiger partial charge in [0.25, 0.3) is 0 Å². The van der Waals surface area contributed by atoms with Gasteiger partial charge in [-0.05, 0) is 49.2 Å².